The Bertz CT molecular complexity index is 1050. The number of carbonyl (C=O) groups is 2. The number of carboxylic acids is 1. The second-order valence-electron chi connectivity index (χ2n) is 10.1. The lowest BCUT2D eigenvalue weighted by Crippen LogP contribution is -2.32. The van der Waals surface area contributed by atoms with Gasteiger partial charge in [-0.15, -0.1) is 0 Å². The minimum atomic E-state index is -0.708. The van der Waals surface area contributed by atoms with Gasteiger partial charge in [0.05, 0.1) is 6.54 Å². The average molecular weight is 495 g/mol. The fraction of sp³-hybridized carbons (Fsp3) is 0.571. The maximum atomic E-state index is 13.5. The van der Waals surface area contributed by atoms with Crippen molar-refractivity contribution < 1.29 is 19.4 Å². The summed E-state index contributed by atoms with van der Waals surface area (Å²) in [7, 11) is 0. The number of hydrogen-bond acceptors (Lipinski definition) is 6. The first-order valence-electron chi connectivity index (χ1n) is 13.4. The van der Waals surface area contributed by atoms with Crippen LogP contribution in [0.5, 0.6) is 5.88 Å². The number of aliphatic carboxylic acids is 1. The topological polar surface area (TPSA) is 119 Å². The van der Waals surface area contributed by atoms with E-state index in [0.29, 0.717) is 24.9 Å². The largest absolute Gasteiger partial charge is 0.481 e. The quantitative estimate of drug-likeness (QED) is 0.427. The van der Waals surface area contributed by atoms with Crippen LogP contribution in [0.15, 0.2) is 24.3 Å². The summed E-state index contributed by atoms with van der Waals surface area (Å²) in [6, 6.07) is 8.12. The number of nitrogens with two attached hydrogens (primary N) is 1. The van der Waals surface area contributed by atoms with Crippen LogP contribution in [0.2, 0.25) is 0 Å². The fourth-order valence-corrected chi connectivity index (χ4v) is 5.40. The van der Waals surface area contributed by atoms with Gasteiger partial charge in [0.2, 0.25) is 5.88 Å². The molecule has 0 spiro atoms. The van der Waals surface area contributed by atoms with E-state index < -0.39 is 5.97 Å². The van der Waals surface area contributed by atoms with Gasteiger partial charge < -0.3 is 20.5 Å². The maximum Gasteiger partial charge on any atom is 0.303 e. The zero-order chi connectivity index (χ0) is 25.5. The van der Waals surface area contributed by atoms with Crippen LogP contribution < -0.4 is 15.4 Å². The van der Waals surface area contributed by atoms with E-state index >= 15 is 0 Å². The number of benzene rings is 1. The molecule has 2 aliphatic rings. The Labute approximate surface area is 213 Å². The second kappa shape index (κ2) is 12.2. The van der Waals surface area contributed by atoms with Crippen LogP contribution in [0.3, 0.4) is 0 Å². The van der Waals surface area contributed by atoms with Crippen molar-refractivity contribution >= 4 is 23.4 Å². The van der Waals surface area contributed by atoms with Gasteiger partial charge >= 0.3 is 5.97 Å². The first-order chi connectivity index (χ1) is 17.5. The van der Waals surface area contributed by atoms with Gasteiger partial charge in [-0.2, -0.15) is 4.98 Å². The molecule has 1 aromatic heterocycles. The molecule has 3 N–H and O–H groups in total. The smallest absolute Gasteiger partial charge is 0.303 e. The molecule has 0 radical (unpaired) electrons. The molecule has 8 heteroatoms. The summed E-state index contributed by atoms with van der Waals surface area (Å²) in [4.78, 5) is 35.1. The summed E-state index contributed by atoms with van der Waals surface area (Å²) in [5.74, 6) is 0.853. The molecule has 8 nitrogen and oxygen atoms in total. The minimum Gasteiger partial charge on any atom is -0.481 e. The molecule has 1 aliphatic carbocycles. The highest BCUT2D eigenvalue weighted by Gasteiger charge is 2.30. The van der Waals surface area contributed by atoms with Crippen molar-refractivity contribution in [3.63, 3.8) is 0 Å². The standard InChI is InChI=1S/C28H38N4O4/c1-2-3-4-5-6-7-23-30-26(29)25-27(31-23)36-17-16-32(28(25)35)22-14-12-21(13-15-22)20-10-8-19(9-11-20)18-24(33)34/h12-15,19-20H,2-11,16-18H2,1H3,(H,33,34)(H2,29,30,31). The van der Waals surface area contributed by atoms with Crippen molar-refractivity contribution in [2.75, 3.05) is 23.8 Å². The molecule has 1 saturated carbocycles. The molecule has 2 heterocycles. The maximum absolute atomic E-state index is 13.5. The third-order valence-corrected chi connectivity index (χ3v) is 7.45. The van der Waals surface area contributed by atoms with E-state index in [-0.39, 0.29) is 35.5 Å². The van der Waals surface area contributed by atoms with Gasteiger partial charge in [0, 0.05) is 18.5 Å². The summed E-state index contributed by atoms with van der Waals surface area (Å²) < 4.78 is 5.86. The monoisotopic (exact) mass is 494 g/mol. The van der Waals surface area contributed by atoms with Crippen LogP contribution in [0.4, 0.5) is 11.5 Å². The Balaban J connectivity index is 1.42. The molecule has 1 aromatic carbocycles. The third kappa shape index (κ3) is 6.33. The van der Waals surface area contributed by atoms with Crippen molar-refractivity contribution in [2.45, 2.75) is 83.5 Å². The minimum absolute atomic E-state index is 0.176. The molecular weight excluding hydrogens is 456 g/mol. The molecule has 4 rings (SSSR count). The number of aryl methyl sites for hydroxylation is 1. The lowest BCUT2D eigenvalue weighted by Gasteiger charge is -2.28. The number of nitrogens with zero attached hydrogens (tertiary/aromatic N) is 3. The number of ether oxygens (including phenoxy) is 1. The Morgan fingerprint density at radius 2 is 1.81 bits per heavy atom. The molecule has 0 atom stereocenters. The predicted molar refractivity (Wildman–Crippen MR) is 139 cm³/mol. The zero-order valence-electron chi connectivity index (χ0n) is 21.2. The van der Waals surface area contributed by atoms with Gasteiger partial charge in [-0.25, -0.2) is 4.98 Å². The van der Waals surface area contributed by atoms with Gasteiger partial charge in [0.1, 0.15) is 23.8 Å². The molecule has 0 bridgehead atoms. The number of amides is 1. The molecule has 2 aromatic rings. The van der Waals surface area contributed by atoms with Gasteiger partial charge in [-0.05, 0) is 61.6 Å². The van der Waals surface area contributed by atoms with Crippen molar-refractivity contribution in [1.29, 1.82) is 0 Å². The lowest BCUT2D eigenvalue weighted by atomic mass is 9.77. The number of nitrogen functional groups attached to an aromatic ring is 1. The number of anilines is 2. The summed E-state index contributed by atoms with van der Waals surface area (Å²) in [5, 5.41) is 9.04. The first kappa shape index (κ1) is 25.9. The summed E-state index contributed by atoms with van der Waals surface area (Å²) in [6.45, 7) is 2.93. The number of hydrogen-bond donors (Lipinski definition) is 2. The lowest BCUT2D eigenvalue weighted by molar-refractivity contribution is -0.138. The van der Waals surface area contributed by atoms with Gasteiger partial charge in [-0.3, -0.25) is 9.59 Å². The van der Waals surface area contributed by atoms with Crippen LogP contribution >= 0.6 is 0 Å². The van der Waals surface area contributed by atoms with Gasteiger partial charge in [0.15, 0.2) is 0 Å². The van der Waals surface area contributed by atoms with Gasteiger partial charge in [0.25, 0.3) is 5.91 Å². The Morgan fingerprint density at radius 1 is 1.08 bits per heavy atom. The summed E-state index contributed by atoms with van der Waals surface area (Å²) in [5.41, 5.74) is 8.51. The molecule has 1 aliphatic heterocycles. The number of unbranched alkanes of at least 4 members (excludes halogenated alkanes) is 4. The number of carbonyl (C=O) groups excluding carboxylic acids is 1. The SMILES string of the molecule is CCCCCCCc1nc(N)c2c(n1)OCCN(c1ccc(C3CCC(CC(=O)O)CC3)cc1)C2=O. The summed E-state index contributed by atoms with van der Waals surface area (Å²) >= 11 is 0. The van der Waals surface area contributed by atoms with Crippen LogP contribution in [0.25, 0.3) is 0 Å². The second-order valence-corrected chi connectivity index (χ2v) is 10.1. The van der Waals surface area contributed by atoms with Crippen molar-refractivity contribution in [1.82, 2.24) is 9.97 Å². The number of rotatable bonds is 10. The average Bonchev–Trinajstić information content (AvgIpc) is 3.03. The predicted octanol–water partition coefficient (Wildman–Crippen LogP) is 5.36. The van der Waals surface area contributed by atoms with Crippen LogP contribution in [-0.2, 0) is 11.2 Å². The van der Waals surface area contributed by atoms with Crippen LogP contribution in [0, 0.1) is 5.92 Å². The first-order valence-corrected chi connectivity index (χ1v) is 13.4. The molecule has 0 saturated heterocycles. The van der Waals surface area contributed by atoms with E-state index in [4.69, 9.17) is 15.6 Å². The molecule has 1 fully saturated rings. The Morgan fingerprint density at radius 3 is 2.50 bits per heavy atom. The van der Waals surface area contributed by atoms with Crippen LogP contribution in [0.1, 0.15) is 98.8 Å². The van der Waals surface area contributed by atoms with E-state index in [2.05, 4.69) is 29.0 Å². The van der Waals surface area contributed by atoms with Crippen molar-refractivity contribution in [2.24, 2.45) is 5.92 Å². The number of carboxylic acid groups (broad SMARTS) is 1. The number of aromatic nitrogens is 2. The molecule has 36 heavy (non-hydrogen) atoms. The molecule has 0 unspecified atom stereocenters. The molecule has 194 valence electrons. The summed E-state index contributed by atoms with van der Waals surface area (Å²) in [6.07, 6.45) is 10.6. The van der Waals surface area contributed by atoms with E-state index in [9.17, 15) is 9.59 Å². The Hall–Kier alpha value is -3.16. The highest BCUT2D eigenvalue weighted by Crippen LogP contribution is 2.38. The van der Waals surface area contributed by atoms with Crippen molar-refractivity contribution in [3.8, 4) is 5.88 Å². The highest BCUT2D eigenvalue weighted by molar-refractivity contribution is 6.10. The number of fused-ring (bicyclic) bond motifs is 1. The van der Waals surface area contributed by atoms with Crippen molar-refractivity contribution in [3.05, 3.63) is 41.2 Å². The van der Waals surface area contributed by atoms with E-state index in [1.807, 2.05) is 12.1 Å². The van der Waals surface area contributed by atoms with Gasteiger partial charge in [-0.1, -0.05) is 44.7 Å². The third-order valence-electron chi connectivity index (χ3n) is 7.45. The normalized spacial score (nSPS) is 19.9. The highest BCUT2D eigenvalue weighted by atomic mass is 16.5. The molecule has 1 amide bonds. The Kier molecular flexibility index (Phi) is 8.78. The van der Waals surface area contributed by atoms with Crippen LogP contribution in [-0.4, -0.2) is 40.1 Å². The van der Waals surface area contributed by atoms with E-state index in [0.717, 1.165) is 50.6 Å². The fourth-order valence-electron chi connectivity index (χ4n) is 5.40. The zero-order valence-corrected chi connectivity index (χ0v) is 21.2. The van der Waals surface area contributed by atoms with E-state index in [1.165, 1.54) is 24.8 Å². The van der Waals surface area contributed by atoms with E-state index in [1.54, 1.807) is 4.90 Å². The molecular formula is C28H38N4O4.